The average Bonchev–Trinajstić information content (AvgIpc) is 3.95. The Morgan fingerprint density at radius 1 is 0.769 bits per heavy atom. The number of piperazine rings is 1. The molecule has 6 aliphatic rings. The Morgan fingerprint density at radius 3 is 2.33 bits per heavy atom. The van der Waals surface area contributed by atoms with Gasteiger partial charge >= 0.3 is 0 Å². The lowest BCUT2D eigenvalue weighted by Crippen LogP contribution is -2.52. The summed E-state index contributed by atoms with van der Waals surface area (Å²) in [6.07, 6.45) is 7.34. The highest BCUT2D eigenvalue weighted by molar-refractivity contribution is 6.05. The summed E-state index contributed by atoms with van der Waals surface area (Å²) >= 11 is 0. The quantitative estimate of drug-likeness (QED) is 0.317. The number of imide groups is 1. The molecule has 2 aliphatic carbocycles. The van der Waals surface area contributed by atoms with Crippen LogP contribution in [0.4, 0.5) is 15.8 Å². The maximum atomic E-state index is 15.9. The fourth-order valence-corrected chi connectivity index (χ4v) is 9.93. The van der Waals surface area contributed by atoms with Crippen molar-refractivity contribution in [2.24, 2.45) is 17.8 Å². The number of carbonyl (C=O) groups excluding carboxylic acids is 3. The van der Waals surface area contributed by atoms with Crippen molar-refractivity contribution in [3.8, 4) is 5.75 Å². The number of fused-ring (bicyclic) bond motifs is 2. The van der Waals surface area contributed by atoms with E-state index in [4.69, 9.17) is 0 Å². The van der Waals surface area contributed by atoms with Gasteiger partial charge in [0.15, 0.2) is 0 Å². The van der Waals surface area contributed by atoms with Gasteiger partial charge < -0.3 is 19.8 Å². The number of rotatable bonds is 7. The lowest BCUT2D eigenvalue weighted by atomic mass is 9.70. The molecule has 9 nitrogen and oxygen atoms in total. The van der Waals surface area contributed by atoms with Gasteiger partial charge in [-0.2, -0.15) is 0 Å². The summed E-state index contributed by atoms with van der Waals surface area (Å²) in [6, 6.07) is 17.2. The number of aryl methyl sites for hydroxylation is 1. The highest BCUT2D eigenvalue weighted by Gasteiger charge is 2.42. The number of benzene rings is 3. The summed E-state index contributed by atoms with van der Waals surface area (Å²) in [5, 5.41) is 12.5. The molecule has 0 spiro atoms. The number of anilines is 2. The number of hydrogen-bond donors (Lipinski definition) is 2. The van der Waals surface area contributed by atoms with E-state index in [9.17, 15) is 19.5 Å². The van der Waals surface area contributed by atoms with Crippen LogP contribution in [0.2, 0.25) is 0 Å². The second kappa shape index (κ2) is 13.5. The summed E-state index contributed by atoms with van der Waals surface area (Å²) in [5.41, 5.74) is 6.95. The van der Waals surface area contributed by atoms with E-state index < -0.39 is 6.04 Å². The Morgan fingerprint density at radius 2 is 1.58 bits per heavy atom. The van der Waals surface area contributed by atoms with Crippen LogP contribution in [0.1, 0.15) is 83.5 Å². The molecule has 10 heteroatoms. The number of phenols is 1. The van der Waals surface area contributed by atoms with Crippen molar-refractivity contribution in [2.45, 2.75) is 69.9 Å². The fourth-order valence-electron chi connectivity index (χ4n) is 9.93. The zero-order chi connectivity index (χ0) is 35.5. The van der Waals surface area contributed by atoms with E-state index in [0.29, 0.717) is 36.1 Å². The Hall–Kier alpha value is -4.44. The lowest BCUT2D eigenvalue weighted by Gasteiger charge is -2.40. The molecule has 2 N–H and O–H groups in total. The first-order valence-corrected chi connectivity index (χ1v) is 19.4. The normalized spacial score (nSPS) is 25.7. The van der Waals surface area contributed by atoms with E-state index in [2.05, 4.69) is 38.2 Å². The predicted octanol–water partition coefficient (Wildman–Crippen LogP) is 5.44. The molecular weight excluding hydrogens is 657 g/mol. The van der Waals surface area contributed by atoms with E-state index in [-0.39, 0.29) is 35.9 Å². The van der Waals surface area contributed by atoms with Gasteiger partial charge in [-0.15, -0.1) is 0 Å². The van der Waals surface area contributed by atoms with Crippen LogP contribution >= 0.6 is 0 Å². The fraction of sp³-hybridized carbons (Fsp3) is 0.500. The van der Waals surface area contributed by atoms with Crippen molar-refractivity contribution in [1.29, 1.82) is 0 Å². The van der Waals surface area contributed by atoms with Crippen LogP contribution in [-0.2, 0) is 22.6 Å². The second-order valence-corrected chi connectivity index (χ2v) is 16.1. The van der Waals surface area contributed by atoms with E-state index in [0.717, 1.165) is 99.9 Å². The number of carbonyl (C=O) groups is 3. The van der Waals surface area contributed by atoms with Crippen molar-refractivity contribution in [3.63, 3.8) is 0 Å². The van der Waals surface area contributed by atoms with Gasteiger partial charge in [-0.25, -0.2) is 4.39 Å². The molecule has 1 saturated carbocycles. The second-order valence-electron chi connectivity index (χ2n) is 16.1. The monoisotopic (exact) mass is 705 g/mol. The third-order valence-corrected chi connectivity index (χ3v) is 12.9. The van der Waals surface area contributed by atoms with Crippen LogP contribution in [0.15, 0.2) is 54.6 Å². The molecule has 3 saturated heterocycles. The van der Waals surface area contributed by atoms with Crippen molar-refractivity contribution >= 4 is 29.1 Å². The molecule has 4 heterocycles. The summed E-state index contributed by atoms with van der Waals surface area (Å²) in [4.78, 5) is 46.0. The molecule has 3 aromatic carbocycles. The summed E-state index contributed by atoms with van der Waals surface area (Å²) < 4.78 is 15.9. The largest absolute Gasteiger partial charge is 0.508 e. The van der Waals surface area contributed by atoms with Crippen LogP contribution in [-0.4, -0.2) is 84.5 Å². The highest BCUT2D eigenvalue weighted by Crippen LogP contribution is 2.52. The van der Waals surface area contributed by atoms with Gasteiger partial charge in [0.1, 0.15) is 17.6 Å². The molecule has 272 valence electrons. The van der Waals surface area contributed by atoms with Gasteiger partial charge in [-0.1, -0.05) is 12.1 Å². The molecule has 0 unspecified atom stereocenters. The van der Waals surface area contributed by atoms with Crippen molar-refractivity contribution < 1.29 is 23.9 Å². The van der Waals surface area contributed by atoms with E-state index in [1.54, 1.807) is 17.0 Å². The first-order chi connectivity index (χ1) is 25.3. The van der Waals surface area contributed by atoms with Crippen molar-refractivity contribution in [3.05, 3.63) is 88.2 Å². The first-order valence-electron chi connectivity index (χ1n) is 19.4. The Kier molecular flexibility index (Phi) is 8.68. The van der Waals surface area contributed by atoms with Gasteiger partial charge in [0.05, 0.1) is 5.69 Å². The predicted molar refractivity (Wildman–Crippen MR) is 197 cm³/mol. The molecule has 4 fully saturated rings. The molecule has 3 atom stereocenters. The van der Waals surface area contributed by atoms with E-state index >= 15 is 4.39 Å². The Labute approximate surface area is 304 Å². The Balaban J connectivity index is 0.779. The van der Waals surface area contributed by atoms with Crippen LogP contribution in [0, 0.1) is 23.6 Å². The van der Waals surface area contributed by atoms with Gasteiger partial charge in [0.25, 0.3) is 5.91 Å². The molecule has 0 bridgehead atoms. The van der Waals surface area contributed by atoms with E-state index in [1.807, 2.05) is 24.3 Å². The van der Waals surface area contributed by atoms with Crippen LogP contribution in [0.3, 0.4) is 0 Å². The number of halogens is 1. The zero-order valence-corrected chi connectivity index (χ0v) is 29.7. The number of aromatic hydroxyl groups is 1. The number of phenolic OH excluding ortho intramolecular Hbond substituents is 1. The Bertz CT molecular complexity index is 1900. The van der Waals surface area contributed by atoms with Crippen LogP contribution < -0.4 is 15.1 Å². The van der Waals surface area contributed by atoms with Gasteiger partial charge in [0, 0.05) is 75.9 Å². The van der Waals surface area contributed by atoms with Crippen LogP contribution in [0.25, 0.3) is 0 Å². The summed E-state index contributed by atoms with van der Waals surface area (Å²) in [7, 11) is 0. The maximum Gasteiger partial charge on any atom is 0.255 e. The first kappa shape index (κ1) is 33.4. The standard InChI is InChI=1S/C42H48FN5O4/c43-36-23-29(40-33(27-1-2-27)7-3-28-22-32(49)6-9-34(28)40)4-10-37(36)47-15-13-26(14-16-47)24-45-17-19-46(20-18-45)31-5-8-35-30(21-31)25-48(42(35)52)38-11-12-39(50)44-41(38)51/h4-6,8-10,21-23,26-27,33,38,40,49H,1-3,7,11-20,24-25H2,(H,44,50,51)/t33-,38-,40+/m0/s1. The smallest absolute Gasteiger partial charge is 0.255 e. The minimum absolute atomic E-state index is 0.118. The molecule has 4 aliphatic heterocycles. The van der Waals surface area contributed by atoms with Gasteiger partial charge in [-0.05, 0) is 127 Å². The zero-order valence-electron chi connectivity index (χ0n) is 29.7. The molecule has 0 aromatic heterocycles. The third kappa shape index (κ3) is 6.33. The molecule has 3 amide bonds. The highest BCUT2D eigenvalue weighted by atomic mass is 19.1. The van der Waals surface area contributed by atoms with E-state index in [1.165, 1.54) is 24.0 Å². The van der Waals surface area contributed by atoms with Crippen molar-refractivity contribution in [1.82, 2.24) is 15.1 Å². The van der Waals surface area contributed by atoms with Gasteiger partial charge in [0.2, 0.25) is 11.8 Å². The SMILES string of the molecule is O=C1CC[C@H](N2Cc3cc(N4CCN(CC5CCN(c6ccc([C@H]7c8ccc(O)cc8CC[C@H]7C7CC7)cc6F)CC5)CC4)ccc3C2=O)C(=O)N1. The van der Waals surface area contributed by atoms with Gasteiger partial charge in [-0.3, -0.25) is 24.6 Å². The van der Waals surface area contributed by atoms with Crippen molar-refractivity contribution in [2.75, 3.05) is 55.6 Å². The lowest BCUT2D eigenvalue weighted by molar-refractivity contribution is -0.136. The molecule has 9 rings (SSSR count). The molecule has 0 radical (unpaired) electrons. The number of hydrogen-bond acceptors (Lipinski definition) is 7. The summed E-state index contributed by atoms with van der Waals surface area (Å²) in [6.45, 7) is 6.94. The molecule has 52 heavy (non-hydrogen) atoms. The maximum absolute atomic E-state index is 15.9. The number of nitrogens with one attached hydrogen (secondary N) is 1. The minimum atomic E-state index is -0.599. The third-order valence-electron chi connectivity index (χ3n) is 12.9. The number of nitrogens with zero attached hydrogens (tertiary/aromatic N) is 4. The minimum Gasteiger partial charge on any atom is -0.508 e. The molecule has 3 aromatic rings. The topological polar surface area (TPSA) is 96.4 Å². The number of amides is 3. The van der Waals surface area contributed by atoms with Crippen LogP contribution in [0.5, 0.6) is 5.75 Å². The number of piperidine rings is 2. The molecular formula is C42H48FN5O4. The summed E-state index contributed by atoms with van der Waals surface area (Å²) in [5.74, 6) is 1.44. The average molecular weight is 706 g/mol.